The van der Waals surface area contributed by atoms with Crippen LogP contribution in [0.1, 0.15) is 28.4 Å². The Kier molecular flexibility index (Phi) is 5.85. The number of benzene rings is 2. The highest BCUT2D eigenvalue weighted by molar-refractivity contribution is 6.07. The number of ketones is 1. The summed E-state index contributed by atoms with van der Waals surface area (Å²) in [4.78, 5) is 12.1. The van der Waals surface area contributed by atoms with Gasteiger partial charge in [0.15, 0.2) is 5.78 Å². The molecule has 132 valence electrons. The van der Waals surface area contributed by atoms with Gasteiger partial charge in [0, 0.05) is 17.2 Å². The van der Waals surface area contributed by atoms with Crippen molar-refractivity contribution in [2.24, 2.45) is 0 Å². The standard InChI is InChI=1S/C19H17F3O3/c1-3-25-16-10-6-14(18(12-16)24-2)7-11-17(23)13-4-8-15(9-5-13)19(20,21)22/h4-12H,3H2,1-2H3/b11-7+. The zero-order chi connectivity index (χ0) is 18.4. The quantitative estimate of drug-likeness (QED) is 0.543. The SMILES string of the molecule is CCOc1ccc(/C=C/C(=O)c2ccc(C(F)(F)F)cc2)c(OC)c1. The van der Waals surface area contributed by atoms with Gasteiger partial charge < -0.3 is 9.47 Å². The maximum Gasteiger partial charge on any atom is 0.416 e. The van der Waals surface area contributed by atoms with Gasteiger partial charge in [0.2, 0.25) is 0 Å². The Morgan fingerprint density at radius 1 is 1.12 bits per heavy atom. The maximum atomic E-state index is 12.5. The number of hydrogen-bond acceptors (Lipinski definition) is 3. The first-order chi connectivity index (χ1) is 11.8. The summed E-state index contributed by atoms with van der Waals surface area (Å²) in [6.45, 7) is 2.38. The summed E-state index contributed by atoms with van der Waals surface area (Å²) >= 11 is 0. The summed E-state index contributed by atoms with van der Waals surface area (Å²) in [5.74, 6) is 0.776. The molecule has 2 aromatic carbocycles. The molecule has 0 unspecified atom stereocenters. The van der Waals surface area contributed by atoms with Crippen molar-refractivity contribution >= 4 is 11.9 Å². The smallest absolute Gasteiger partial charge is 0.416 e. The summed E-state index contributed by atoms with van der Waals surface area (Å²) in [5.41, 5.74) is 0.0431. The van der Waals surface area contributed by atoms with Crippen molar-refractivity contribution in [1.29, 1.82) is 0 Å². The molecule has 0 N–H and O–H groups in total. The lowest BCUT2D eigenvalue weighted by atomic mass is 10.1. The molecule has 0 aliphatic carbocycles. The minimum Gasteiger partial charge on any atom is -0.496 e. The van der Waals surface area contributed by atoms with Crippen LogP contribution in [0.15, 0.2) is 48.5 Å². The average Bonchev–Trinajstić information content (AvgIpc) is 2.59. The van der Waals surface area contributed by atoms with E-state index in [-0.39, 0.29) is 5.56 Å². The number of alkyl halides is 3. The van der Waals surface area contributed by atoms with Gasteiger partial charge in [0.25, 0.3) is 0 Å². The van der Waals surface area contributed by atoms with E-state index in [0.717, 1.165) is 24.3 Å². The Labute approximate surface area is 143 Å². The van der Waals surface area contributed by atoms with Crippen LogP contribution in [0.3, 0.4) is 0 Å². The zero-order valence-corrected chi connectivity index (χ0v) is 13.8. The van der Waals surface area contributed by atoms with E-state index < -0.39 is 17.5 Å². The number of rotatable bonds is 6. The third-order valence-corrected chi connectivity index (χ3v) is 3.43. The first kappa shape index (κ1) is 18.6. The molecule has 3 nitrogen and oxygen atoms in total. The van der Waals surface area contributed by atoms with E-state index in [1.54, 1.807) is 24.3 Å². The van der Waals surface area contributed by atoms with Crippen LogP contribution in [0.5, 0.6) is 11.5 Å². The second-order valence-electron chi connectivity index (χ2n) is 5.11. The van der Waals surface area contributed by atoms with Gasteiger partial charge in [-0.05, 0) is 43.3 Å². The van der Waals surface area contributed by atoms with Crippen molar-refractivity contribution in [3.63, 3.8) is 0 Å². The van der Waals surface area contributed by atoms with Gasteiger partial charge in [-0.25, -0.2) is 0 Å². The Bertz CT molecular complexity index is 762. The van der Waals surface area contributed by atoms with Gasteiger partial charge in [-0.1, -0.05) is 12.1 Å². The Hall–Kier alpha value is -2.76. The summed E-state index contributed by atoms with van der Waals surface area (Å²) < 4.78 is 48.2. The van der Waals surface area contributed by atoms with Crippen LogP contribution in [0.25, 0.3) is 6.08 Å². The number of carbonyl (C=O) groups is 1. The fourth-order valence-corrected chi connectivity index (χ4v) is 2.17. The number of hydrogen-bond donors (Lipinski definition) is 0. The molecular weight excluding hydrogens is 333 g/mol. The molecule has 0 fully saturated rings. The molecule has 2 aromatic rings. The summed E-state index contributed by atoms with van der Waals surface area (Å²) in [7, 11) is 1.50. The van der Waals surface area contributed by atoms with E-state index in [1.165, 1.54) is 13.2 Å². The van der Waals surface area contributed by atoms with Crippen molar-refractivity contribution in [2.75, 3.05) is 13.7 Å². The molecule has 0 aromatic heterocycles. The monoisotopic (exact) mass is 350 g/mol. The largest absolute Gasteiger partial charge is 0.496 e. The van der Waals surface area contributed by atoms with Gasteiger partial charge in [-0.15, -0.1) is 0 Å². The van der Waals surface area contributed by atoms with E-state index in [4.69, 9.17) is 9.47 Å². The third kappa shape index (κ3) is 4.86. The first-order valence-corrected chi connectivity index (χ1v) is 7.55. The minimum absolute atomic E-state index is 0.175. The van der Waals surface area contributed by atoms with Gasteiger partial charge in [-0.3, -0.25) is 4.79 Å². The summed E-state index contributed by atoms with van der Waals surface area (Å²) in [5, 5.41) is 0. The highest BCUT2D eigenvalue weighted by Gasteiger charge is 2.30. The summed E-state index contributed by atoms with van der Waals surface area (Å²) in [6.07, 6.45) is -1.58. The molecule has 6 heteroatoms. The molecule has 0 heterocycles. The van der Waals surface area contributed by atoms with Crippen LogP contribution in [-0.4, -0.2) is 19.5 Å². The topological polar surface area (TPSA) is 35.5 Å². The van der Waals surface area contributed by atoms with E-state index in [1.807, 2.05) is 6.92 Å². The molecule has 0 bridgehead atoms. The van der Waals surface area contributed by atoms with Crippen LogP contribution in [0.4, 0.5) is 13.2 Å². The average molecular weight is 350 g/mol. The third-order valence-electron chi connectivity index (χ3n) is 3.43. The molecule has 0 aliphatic rings. The van der Waals surface area contributed by atoms with E-state index in [0.29, 0.717) is 23.7 Å². The molecule has 0 atom stereocenters. The van der Waals surface area contributed by atoms with Crippen molar-refractivity contribution in [3.05, 3.63) is 65.2 Å². The van der Waals surface area contributed by atoms with E-state index >= 15 is 0 Å². The normalized spacial score (nSPS) is 11.6. The number of allylic oxidation sites excluding steroid dienone is 1. The minimum atomic E-state index is -4.42. The summed E-state index contributed by atoms with van der Waals surface area (Å²) in [6, 6.07) is 9.27. The number of carbonyl (C=O) groups excluding carboxylic acids is 1. The second-order valence-corrected chi connectivity index (χ2v) is 5.11. The van der Waals surface area contributed by atoms with Crippen molar-refractivity contribution in [3.8, 4) is 11.5 Å². The lowest BCUT2D eigenvalue weighted by Crippen LogP contribution is -2.05. The molecule has 0 spiro atoms. The highest BCUT2D eigenvalue weighted by Crippen LogP contribution is 2.29. The van der Waals surface area contributed by atoms with Crippen LogP contribution >= 0.6 is 0 Å². The van der Waals surface area contributed by atoms with Crippen LogP contribution in [-0.2, 0) is 6.18 Å². The predicted molar refractivity (Wildman–Crippen MR) is 89.0 cm³/mol. The number of methoxy groups -OCH3 is 1. The maximum absolute atomic E-state index is 12.5. The van der Waals surface area contributed by atoms with Crippen LogP contribution in [0.2, 0.25) is 0 Å². The first-order valence-electron chi connectivity index (χ1n) is 7.55. The number of ether oxygens (including phenoxy) is 2. The zero-order valence-electron chi connectivity index (χ0n) is 13.8. The molecule has 0 aliphatic heterocycles. The van der Waals surface area contributed by atoms with Crippen LogP contribution in [0, 0.1) is 0 Å². The van der Waals surface area contributed by atoms with Crippen molar-refractivity contribution < 1.29 is 27.4 Å². The number of halogens is 3. The van der Waals surface area contributed by atoms with Gasteiger partial charge in [0.05, 0.1) is 19.3 Å². The van der Waals surface area contributed by atoms with Crippen molar-refractivity contribution in [2.45, 2.75) is 13.1 Å². The van der Waals surface area contributed by atoms with Gasteiger partial charge in [0.1, 0.15) is 11.5 Å². The van der Waals surface area contributed by atoms with E-state index in [9.17, 15) is 18.0 Å². The Balaban J connectivity index is 2.17. The van der Waals surface area contributed by atoms with Crippen molar-refractivity contribution in [1.82, 2.24) is 0 Å². The Morgan fingerprint density at radius 2 is 1.80 bits per heavy atom. The van der Waals surface area contributed by atoms with Crippen LogP contribution < -0.4 is 9.47 Å². The molecule has 25 heavy (non-hydrogen) atoms. The van der Waals surface area contributed by atoms with Gasteiger partial charge >= 0.3 is 6.18 Å². The molecule has 0 saturated heterocycles. The fraction of sp³-hybridized carbons (Fsp3) is 0.211. The Morgan fingerprint density at radius 3 is 2.36 bits per heavy atom. The molecule has 0 saturated carbocycles. The highest BCUT2D eigenvalue weighted by atomic mass is 19.4. The van der Waals surface area contributed by atoms with E-state index in [2.05, 4.69) is 0 Å². The fourth-order valence-electron chi connectivity index (χ4n) is 2.17. The molecule has 2 rings (SSSR count). The second kappa shape index (κ2) is 7.88. The predicted octanol–water partition coefficient (Wildman–Crippen LogP) is 5.01. The lowest BCUT2D eigenvalue weighted by molar-refractivity contribution is -0.137. The van der Waals surface area contributed by atoms with Gasteiger partial charge in [-0.2, -0.15) is 13.2 Å². The lowest BCUT2D eigenvalue weighted by Gasteiger charge is -2.08. The molecule has 0 amide bonds. The molecule has 0 radical (unpaired) electrons. The molecular formula is C19H17F3O3.